The van der Waals surface area contributed by atoms with E-state index in [2.05, 4.69) is 0 Å². The molecule has 18 heavy (non-hydrogen) atoms. The Morgan fingerprint density at radius 3 is 2.94 bits per heavy atom. The molecule has 1 fully saturated rings. The highest BCUT2D eigenvalue weighted by Gasteiger charge is 2.31. The highest BCUT2D eigenvalue weighted by atomic mass is 16.7. The monoisotopic (exact) mass is 250 g/mol. The third-order valence-corrected chi connectivity index (χ3v) is 3.17. The quantitative estimate of drug-likeness (QED) is 0.801. The molecular formula is C13H14O5. The zero-order valence-corrected chi connectivity index (χ0v) is 10.0. The van der Waals surface area contributed by atoms with Gasteiger partial charge in [-0.05, 0) is 17.7 Å². The summed E-state index contributed by atoms with van der Waals surface area (Å²) < 4.78 is 21.3. The van der Waals surface area contributed by atoms with Crippen LogP contribution in [0.3, 0.4) is 0 Å². The minimum atomic E-state index is -0.571. The summed E-state index contributed by atoms with van der Waals surface area (Å²) in [6.07, 6.45) is 0.185. The molecule has 5 heteroatoms. The second-order valence-electron chi connectivity index (χ2n) is 4.30. The highest BCUT2D eigenvalue weighted by molar-refractivity contribution is 5.85. The fourth-order valence-electron chi connectivity index (χ4n) is 2.20. The molecule has 0 radical (unpaired) electrons. The average molecular weight is 250 g/mol. The summed E-state index contributed by atoms with van der Waals surface area (Å²) in [5.74, 6) is 1.43. The molecule has 2 aliphatic heterocycles. The molecule has 3 rings (SSSR count). The molecule has 0 amide bonds. The van der Waals surface area contributed by atoms with E-state index in [1.807, 2.05) is 6.07 Å². The lowest BCUT2D eigenvalue weighted by Gasteiger charge is -2.28. The smallest absolute Gasteiger partial charge is 0.231 e. The molecule has 5 nitrogen and oxygen atoms in total. The Labute approximate surface area is 105 Å². The van der Waals surface area contributed by atoms with Gasteiger partial charge in [-0.25, -0.2) is 0 Å². The van der Waals surface area contributed by atoms with Gasteiger partial charge in [-0.15, -0.1) is 0 Å². The van der Waals surface area contributed by atoms with E-state index in [0.29, 0.717) is 24.3 Å². The molecule has 0 N–H and O–H groups in total. The number of hydrogen-bond acceptors (Lipinski definition) is 5. The topological polar surface area (TPSA) is 54.0 Å². The van der Waals surface area contributed by atoms with Crippen molar-refractivity contribution < 1.29 is 23.7 Å². The van der Waals surface area contributed by atoms with Crippen LogP contribution in [-0.2, 0) is 14.3 Å². The molecule has 0 aromatic heterocycles. The van der Waals surface area contributed by atoms with Gasteiger partial charge >= 0.3 is 0 Å². The molecule has 96 valence electrons. The van der Waals surface area contributed by atoms with Crippen LogP contribution in [-0.4, -0.2) is 26.0 Å². The lowest BCUT2D eigenvalue weighted by atomic mass is 9.99. The van der Waals surface area contributed by atoms with Crippen LogP contribution in [0.25, 0.3) is 0 Å². The maximum atomic E-state index is 11.9. The lowest BCUT2D eigenvalue weighted by Crippen LogP contribution is -2.30. The minimum Gasteiger partial charge on any atom is -0.454 e. The van der Waals surface area contributed by atoms with Crippen molar-refractivity contribution in [2.24, 2.45) is 0 Å². The van der Waals surface area contributed by atoms with Crippen molar-refractivity contribution in [3.8, 4) is 11.5 Å². The van der Waals surface area contributed by atoms with Crippen LogP contribution in [0.2, 0.25) is 0 Å². The molecule has 2 atom stereocenters. The first-order valence-corrected chi connectivity index (χ1v) is 5.88. The summed E-state index contributed by atoms with van der Waals surface area (Å²) in [6.45, 7) is 0.221. The predicted octanol–water partition coefficient (Wildman–Crippen LogP) is 1.81. The standard InChI is InChI=1S/C13H14O5/c1-15-12-5-3-9(14)13(18-12)8-2-4-10-11(6-8)17-7-16-10/h2,4,6,12-13H,3,5,7H2,1H3/t12-,13+/m1/s1. The van der Waals surface area contributed by atoms with Gasteiger partial charge in [-0.1, -0.05) is 6.07 Å². The molecule has 0 bridgehead atoms. The molecule has 1 aromatic carbocycles. The van der Waals surface area contributed by atoms with Gasteiger partial charge in [-0.2, -0.15) is 0 Å². The number of Topliss-reactive ketones (excluding diaryl/α,β-unsaturated/α-hetero) is 1. The third-order valence-electron chi connectivity index (χ3n) is 3.17. The SMILES string of the molecule is CO[C@H]1CCC(=O)[C@H](c2ccc3c(c2)OCO3)O1. The van der Waals surface area contributed by atoms with Crippen molar-refractivity contribution in [3.63, 3.8) is 0 Å². The van der Waals surface area contributed by atoms with E-state index < -0.39 is 6.10 Å². The summed E-state index contributed by atoms with van der Waals surface area (Å²) >= 11 is 0. The zero-order valence-electron chi connectivity index (χ0n) is 10.0. The van der Waals surface area contributed by atoms with Gasteiger partial charge in [0.15, 0.2) is 23.6 Å². The number of rotatable bonds is 2. The van der Waals surface area contributed by atoms with Crippen molar-refractivity contribution >= 4 is 5.78 Å². The van der Waals surface area contributed by atoms with Crippen molar-refractivity contribution in [1.82, 2.24) is 0 Å². The Hall–Kier alpha value is -1.59. The average Bonchev–Trinajstić information content (AvgIpc) is 2.86. The summed E-state index contributed by atoms with van der Waals surface area (Å²) in [7, 11) is 1.58. The molecule has 0 aliphatic carbocycles. The second kappa shape index (κ2) is 4.59. The summed E-state index contributed by atoms with van der Waals surface area (Å²) in [5, 5.41) is 0. The van der Waals surface area contributed by atoms with Crippen LogP contribution < -0.4 is 9.47 Å². The first kappa shape index (κ1) is 11.5. The Kier molecular flexibility index (Phi) is 2.93. The number of benzene rings is 1. The van der Waals surface area contributed by atoms with Gasteiger partial charge in [0.2, 0.25) is 6.79 Å². The molecule has 0 saturated carbocycles. The number of carbonyl (C=O) groups is 1. The molecule has 1 saturated heterocycles. The van der Waals surface area contributed by atoms with Crippen LogP contribution in [0.15, 0.2) is 18.2 Å². The predicted molar refractivity (Wildman–Crippen MR) is 61.4 cm³/mol. The fourth-order valence-corrected chi connectivity index (χ4v) is 2.20. The first-order valence-electron chi connectivity index (χ1n) is 5.88. The lowest BCUT2D eigenvalue weighted by molar-refractivity contribution is -0.187. The van der Waals surface area contributed by atoms with E-state index in [4.69, 9.17) is 18.9 Å². The largest absolute Gasteiger partial charge is 0.454 e. The van der Waals surface area contributed by atoms with E-state index in [1.54, 1.807) is 19.2 Å². The van der Waals surface area contributed by atoms with Crippen LogP contribution in [0.5, 0.6) is 11.5 Å². The highest BCUT2D eigenvalue weighted by Crippen LogP contribution is 2.37. The van der Waals surface area contributed by atoms with Crippen LogP contribution in [0.4, 0.5) is 0 Å². The fraction of sp³-hybridized carbons (Fsp3) is 0.462. The van der Waals surface area contributed by atoms with E-state index in [9.17, 15) is 4.79 Å². The van der Waals surface area contributed by atoms with Gasteiger partial charge in [-0.3, -0.25) is 4.79 Å². The zero-order chi connectivity index (χ0) is 12.5. The van der Waals surface area contributed by atoms with Crippen molar-refractivity contribution in [3.05, 3.63) is 23.8 Å². The summed E-state index contributed by atoms with van der Waals surface area (Å²) in [4.78, 5) is 11.9. The molecule has 2 aliphatic rings. The van der Waals surface area contributed by atoms with E-state index >= 15 is 0 Å². The Bertz CT molecular complexity index is 470. The number of ketones is 1. The molecule has 0 spiro atoms. The van der Waals surface area contributed by atoms with Gasteiger partial charge in [0.05, 0.1) is 0 Å². The maximum Gasteiger partial charge on any atom is 0.231 e. The maximum absolute atomic E-state index is 11.9. The number of methoxy groups -OCH3 is 1. The summed E-state index contributed by atoms with van der Waals surface area (Å²) in [5.41, 5.74) is 0.783. The normalized spacial score (nSPS) is 26.4. The number of carbonyl (C=O) groups excluding carboxylic acids is 1. The number of fused-ring (bicyclic) bond motifs is 1. The Morgan fingerprint density at radius 2 is 2.11 bits per heavy atom. The molecular weight excluding hydrogens is 236 g/mol. The summed E-state index contributed by atoms with van der Waals surface area (Å²) in [6, 6.07) is 5.42. The van der Waals surface area contributed by atoms with E-state index in [1.165, 1.54) is 0 Å². The Morgan fingerprint density at radius 1 is 1.28 bits per heavy atom. The van der Waals surface area contributed by atoms with Gasteiger partial charge < -0.3 is 18.9 Å². The van der Waals surface area contributed by atoms with E-state index in [-0.39, 0.29) is 18.9 Å². The van der Waals surface area contributed by atoms with Crippen molar-refractivity contribution in [2.45, 2.75) is 25.2 Å². The van der Waals surface area contributed by atoms with Crippen LogP contribution in [0, 0.1) is 0 Å². The third kappa shape index (κ3) is 1.95. The number of ether oxygens (including phenoxy) is 4. The minimum absolute atomic E-state index is 0.0714. The van der Waals surface area contributed by atoms with Gasteiger partial charge in [0.25, 0.3) is 0 Å². The van der Waals surface area contributed by atoms with E-state index in [0.717, 1.165) is 5.56 Å². The van der Waals surface area contributed by atoms with Crippen molar-refractivity contribution in [2.75, 3.05) is 13.9 Å². The van der Waals surface area contributed by atoms with Crippen molar-refractivity contribution in [1.29, 1.82) is 0 Å². The molecule has 1 aromatic rings. The second-order valence-corrected chi connectivity index (χ2v) is 4.30. The molecule has 2 heterocycles. The first-order chi connectivity index (χ1) is 8.78. The molecule has 0 unspecified atom stereocenters. The Balaban J connectivity index is 1.86. The van der Waals surface area contributed by atoms with Gasteiger partial charge in [0.1, 0.15) is 6.10 Å². The van der Waals surface area contributed by atoms with Crippen LogP contribution in [0.1, 0.15) is 24.5 Å². The van der Waals surface area contributed by atoms with Gasteiger partial charge in [0, 0.05) is 20.0 Å². The van der Waals surface area contributed by atoms with Crippen LogP contribution >= 0.6 is 0 Å². The number of hydrogen-bond donors (Lipinski definition) is 0.